The third-order valence-electron chi connectivity index (χ3n) is 3.22. The van der Waals surface area contributed by atoms with Crippen molar-refractivity contribution < 1.29 is 0 Å². The van der Waals surface area contributed by atoms with Crippen LogP contribution in [0.3, 0.4) is 0 Å². The molecule has 0 saturated heterocycles. The third kappa shape index (κ3) is 3.42. The van der Waals surface area contributed by atoms with E-state index in [0.717, 1.165) is 17.0 Å². The first-order chi connectivity index (χ1) is 10.3. The lowest BCUT2D eigenvalue weighted by molar-refractivity contribution is 1.24. The van der Waals surface area contributed by atoms with Crippen LogP contribution in [0.5, 0.6) is 0 Å². The highest BCUT2D eigenvalue weighted by Gasteiger charge is 1.99. The van der Waals surface area contributed by atoms with E-state index in [2.05, 4.69) is 59.4 Å². The van der Waals surface area contributed by atoms with Gasteiger partial charge in [0.2, 0.25) is 0 Å². The van der Waals surface area contributed by atoms with Gasteiger partial charge in [0.1, 0.15) is 0 Å². The fourth-order valence-electron chi connectivity index (χ4n) is 2.17. The van der Waals surface area contributed by atoms with E-state index >= 15 is 0 Å². The summed E-state index contributed by atoms with van der Waals surface area (Å²) in [6.07, 6.45) is 7.82. The van der Waals surface area contributed by atoms with Crippen molar-refractivity contribution in [3.63, 3.8) is 0 Å². The van der Waals surface area contributed by atoms with Crippen molar-refractivity contribution in [3.05, 3.63) is 83.7 Å². The van der Waals surface area contributed by atoms with Crippen LogP contribution in [0.1, 0.15) is 16.7 Å². The molecule has 0 amide bonds. The van der Waals surface area contributed by atoms with Gasteiger partial charge in [-0.25, -0.2) is 0 Å². The molecule has 102 valence electrons. The van der Waals surface area contributed by atoms with Crippen LogP contribution in [0.2, 0.25) is 0 Å². The summed E-state index contributed by atoms with van der Waals surface area (Å²) < 4.78 is 0. The average Bonchev–Trinajstić information content (AvgIpc) is 2.54. The second-order valence-electron chi connectivity index (χ2n) is 4.94. The van der Waals surface area contributed by atoms with Gasteiger partial charge < -0.3 is 0 Å². The van der Waals surface area contributed by atoms with E-state index < -0.39 is 0 Å². The molecule has 0 N–H and O–H groups in total. The van der Waals surface area contributed by atoms with Crippen molar-refractivity contribution in [3.8, 4) is 11.4 Å². The average molecular weight is 272 g/mol. The van der Waals surface area contributed by atoms with E-state index in [1.165, 1.54) is 11.1 Å². The molecule has 2 nitrogen and oxygen atoms in total. The molecule has 0 aliphatic carbocycles. The van der Waals surface area contributed by atoms with Gasteiger partial charge in [-0.15, -0.1) is 0 Å². The zero-order valence-electron chi connectivity index (χ0n) is 11.9. The van der Waals surface area contributed by atoms with Gasteiger partial charge in [-0.1, -0.05) is 48.0 Å². The fraction of sp³-hybridized carbons (Fsp3) is 0.0526. The van der Waals surface area contributed by atoms with Crippen LogP contribution in [-0.2, 0) is 0 Å². The van der Waals surface area contributed by atoms with Gasteiger partial charge in [-0.3, -0.25) is 9.97 Å². The molecule has 0 aliphatic heterocycles. The summed E-state index contributed by atoms with van der Waals surface area (Å²) in [6.45, 7) is 2.10. The van der Waals surface area contributed by atoms with E-state index in [0.29, 0.717) is 0 Å². The lowest BCUT2D eigenvalue weighted by atomic mass is 10.1. The first-order valence-electron chi connectivity index (χ1n) is 6.93. The van der Waals surface area contributed by atoms with E-state index in [9.17, 15) is 0 Å². The summed E-state index contributed by atoms with van der Waals surface area (Å²) in [7, 11) is 0. The lowest BCUT2D eigenvalue weighted by Crippen LogP contribution is -1.86. The minimum atomic E-state index is 0.891. The maximum Gasteiger partial charge on any atom is 0.0892 e. The molecular formula is C19H16N2. The van der Waals surface area contributed by atoms with Crippen molar-refractivity contribution in [2.45, 2.75) is 6.92 Å². The SMILES string of the molecule is Cc1cccc(/C=C\c2ccnc(-c3ccccn3)c2)c1. The predicted octanol–water partition coefficient (Wildman–Crippen LogP) is 4.62. The van der Waals surface area contributed by atoms with Crippen LogP contribution in [-0.4, -0.2) is 9.97 Å². The second kappa shape index (κ2) is 6.14. The summed E-state index contributed by atoms with van der Waals surface area (Å²) in [5.41, 5.74) is 5.37. The van der Waals surface area contributed by atoms with Crippen LogP contribution < -0.4 is 0 Å². The Morgan fingerprint density at radius 3 is 2.29 bits per heavy atom. The van der Waals surface area contributed by atoms with Crippen LogP contribution >= 0.6 is 0 Å². The quantitative estimate of drug-likeness (QED) is 0.695. The molecule has 2 heteroatoms. The Kier molecular flexibility index (Phi) is 3.88. The molecule has 21 heavy (non-hydrogen) atoms. The second-order valence-corrected chi connectivity index (χ2v) is 4.94. The lowest BCUT2D eigenvalue weighted by Gasteiger charge is -2.01. The molecule has 3 aromatic rings. The summed E-state index contributed by atoms with van der Waals surface area (Å²) in [5, 5.41) is 0. The number of hydrogen-bond acceptors (Lipinski definition) is 2. The number of hydrogen-bond donors (Lipinski definition) is 0. The summed E-state index contributed by atoms with van der Waals surface area (Å²) in [6, 6.07) is 18.3. The molecule has 0 unspecified atom stereocenters. The minimum absolute atomic E-state index is 0.891. The van der Waals surface area contributed by atoms with Crippen molar-refractivity contribution in [2.24, 2.45) is 0 Å². The summed E-state index contributed by atoms with van der Waals surface area (Å²) in [5.74, 6) is 0. The molecule has 2 aromatic heterocycles. The first-order valence-corrected chi connectivity index (χ1v) is 6.93. The Balaban J connectivity index is 1.87. The molecule has 0 spiro atoms. The highest BCUT2D eigenvalue weighted by atomic mass is 14.8. The van der Waals surface area contributed by atoms with Crippen molar-refractivity contribution in [2.75, 3.05) is 0 Å². The van der Waals surface area contributed by atoms with Crippen LogP contribution in [0.15, 0.2) is 67.0 Å². The Hall–Kier alpha value is -2.74. The largest absolute Gasteiger partial charge is 0.255 e. The highest BCUT2D eigenvalue weighted by molar-refractivity contribution is 5.71. The van der Waals surface area contributed by atoms with Crippen molar-refractivity contribution in [1.82, 2.24) is 9.97 Å². The molecule has 1 aromatic carbocycles. The third-order valence-corrected chi connectivity index (χ3v) is 3.22. The smallest absolute Gasteiger partial charge is 0.0892 e. The van der Waals surface area contributed by atoms with Crippen molar-refractivity contribution >= 4 is 12.2 Å². The van der Waals surface area contributed by atoms with Gasteiger partial charge in [0, 0.05) is 12.4 Å². The Labute approximate surface area is 124 Å². The van der Waals surface area contributed by atoms with Gasteiger partial charge in [0.05, 0.1) is 11.4 Å². The van der Waals surface area contributed by atoms with Gasteiger partial charge in [0.15, 0.2) is 0 Å². The Morgan fingerprint density at radius 1 is 0.714 bits per heavy atom. The zero-order valence-corrected chi connectivity index (χ0v) is 11.9. The van der Waals surface area contributed by atoms with Gasteiger partial charge in [0.25, 0.3) is 0 Å². The van der Waals surface area contributed by atoms with E-state index in [1.807, 2.05) is 30.5 Å². The van der Waals surface area contributed by atoms with Gasteiger partial charge >= 0.3 is 0 Å². The topological polar surface area (TPSA) is 25.8 Å². The molecule has 3 rings (SSSR count). The summed E-state index contributed by atoms with van der Waals surface area (Å²) >= 11 is 0. The predicted molar refractivity (Wildman–Crippen MR) is 87.6 cm³/mol. The number of nitrogens with zero attached hydrogens (tertiary/aromatic N) is 2. The first kappa shape index (κ1) is 13.3. The van der Waals surface area contributed by atoms with Crippen LogP contribution in [0.4, 0.5) is 0 Å². The molecule has 0 saturated carbocycles. The number of benzene rings is 1. The fourth-order valence-corrected chi connectivity index (χ4v) is 2.17. The van der Waals surface area contributed by atoms with Crippen LogP contribution in [0.25, 0.3) is 23.5 Å². The molecule has 0 fully saturated rings. The molecular weight excluding hydrogens is 256 g/mol. The van der Waals surface area contributed by atoms with E-state index in [1.54, 1.807) is 6.20 Å². The van der Waals surface area contributed by atoms with Gasteiger partial charge in [-0.2, -0.15) is 0 Å². The number of rotatable bonds is 3. The van der Waals surface area contributed by atoms with Crippen LogP contribution in [0, 0.1) is 6.92 Å². The maximum absolute atomic E-state index is 4.38. The monoisotopic (exact) mass is 272 g/mol. The molecule has 0 atom stereocenters. The Morgan fingerprint density at radius 2 is 1.52 bits per heavy atom. The molecule has 0 bridgehead atoms. The summed E-state index contributed by atoms with van der Waals surface area (Å²) in [4.78, 5) is 8.72. The standard InChI is InChI=1S/C19H16N2/c1-15-5-4-6-16(13-15)8-9-17-10-12-21-19(14-17)18-7-2-3-11-20-18/h2-14H,1H3/b9-8-. The highest BCUT2D eigenvalue weighted by Crippen LogP contribution is 2.16. The maximum atomic E-state index is 4.38. The minimum Gasteiger partial charge on any atom is -0.255 e. The zero-order chi connectivity index (χ0) is 14.5. The van der Waals surface area contributed by atoms with E-state index in [-0.39, 0.29) is 0 Å². The Bertz CT molecular complexity index is 761. The molecule has 0 radical (unpaired) electrons. The van der Waals surface area contributed by atoms with Crippen molar-refractivity contribution in [1.29, 1.82) is 0 Å². The number of pyridine rings is 2. The van der Waals surface area contributed by atoms with E-state index in [4.69, 9.17) is 0 Å². The normalized spacial score (nSPS) is 10.9. The number of aromatic nitrogens is 2. The molecule has 0 aliphatic rings. The van der Waals surface area contributed by atoms with Gasteiger partial charge in [-0.05, 0) is 42.3 Å². The number of aryl methyl sites for hydroxylation is 1. The molecule has 2 heterocycles.